The van der Waals surface area contributed by atoms with Crippen LogP contribution >= 0.6 is 23.4 Å². The Morgan fingerprint density at radius 3 is 2.20 bits per heavy atom. The second-order valence-corrected chi connectivity index (χ2v) is 14.6. The Kier molecular flexibility index (Phi) is 9.96. The molecule has 5 atom stereocenters. The highest BCUT2D eigenvalue weighted by Gasteiger charge is 2.55. The van der Waals surface area contributed by atoms with Crippen molar-refractivity contribution in [1.29, 1.82) is 0 Å². The van der Waals surface area contributed by atoms with E-state index < -0.39 is 50.1 Å². The first-order valence-electron chi connectivity index (χ1n) is 14.5. The van der Waals surface area contributed by atoms with Gasteiger partial charge in [-0.2, -0.15) is 0 Å². The molecule has 0 aromatic heterocycles. The number of carbonyl (C=O) groups is 2. The summed E-state index contributed by atoms with van der Waals surface area (Å²) >= 11 is 12.2. The lowest BCUT2D eigenvalue weighted by atomic mass is 9.71. The van der Waals surface area contributed by atoms with Crippen molar-refractivity contribution in [2.24, 2.45) is 11.8 Å². The van der Waals surface area contributed by atoms with Crippen molar-refractivity contribution in [2.45, 2.75) is 66.7 Å². The van der Waals surface area contributed by atoms with Gasteiger partial charge in [-0.1, -0.05) is 41.9 Å². The van der Waals surface area contributed by atoms with Gasteiger partial charge >= 0.3 is 0 Å². The van der Waals surface area contributed by atoms with E-state index in [4.69, 9.17) is 23.4 Å². The SMILES string of the molecule is O=C(Nc1cc(F)c(F)c(F)c1)c1ccc(Cl)c(S(=O)(=O)C2CC3CC[C@@H](C2)C3(O)CCC(=O)[C@H](Cc2ccccc2)NCl)c1. The molecule has 2 saturated carbocycles. The van der Waals surface area contributed by atoms with Gasteiger partial charge in [0.1, 0.15) is 0 Å². The first-order valence-corrected chi connectivity index (χ1v) is 16.8. The molecule has 0 radical (unpaired) electrons. The van der Waals surface area contributed by atoms with E-state index in [2.05, 4.69) is 10.2 Å². The Labute approximate surface area is 269 Å². The zero-order valence-corrected chi connectivity index (χ0v) is 26.2. The van der Waals surface area contributed by atoms with Crippen LogP contribution in [0.15, 0.2) is 65.6 Å². The number of aliphatic hydroxyl groups is 1. The number of sulfone groups is 1. The molecule has 2 fully saturated rings. The summed E-state index contributed by atoms with van der Waals surface area (Å²) in [5.41, 5.74) is -0.774. The summed E-state index contributed by atoms with van der Waals surface area (Å²) < 4.78 is 68.2. The predicted molar refractivity (Wildman–Crippen MR) is 164 cm³/mol. The summed E-state index contributed by atoms with van der Waals surface area (Å²) in [6, 6.07) is 13.6. The van der Waals surface area contributed by atoms with Gasteiger partial charge in [-0.25, -0.2) is 26.4 Å². The summed E-state index contributed by atoms with van der Waals surface area (Å²) in [7, 11) is -4.09. The lowest BCUT2D eigenvalue weighted by Crippen LogP contribution is -2.48. The van der Waals surface area contributed by atoms with E-state index in [9.17, 15) is 36.3 Å². The van der Waals surface area contributed by atoms with Gasteiger partial charge in [-0.15, -0.1) is 0 Å². The van der Waals surface area contributed by atoms with Crippen molar-refractivity contribution in [1.82, 2.24) is 4.84 Å². The van der Waals surface area contributed by atoms with Crippen molar-refractivity contribution < 1.29 is 36.3 Å². The molecule has 45 heavy (non-hydrogen) atoms. The summed E-state index contributed by atoms with van der Waals surface area (Å²) in [6.45, 7) is 0. The third-order valence-electron chi connectivity index (χ3n) is 9.13. The molecule has 2 aliphatic rings. The minimum atomic E-state index is -4.09. The van der Waals surface area contributed by atoms with Crippen molar-refractivity contribution in [3.8, 4) is 0 Å². The first kappa shape index (κ1) is 33.4. The Hall–Kier alpha value is -2.96. The lowest BCUT2D eigenvalue weighted by Gasteiger charge is -2.42. The van der Waals surface area contributed by atoms with Gasteiger partial charge in [-0.3, -0.25) is 9.59 Å². The molecule has 2 aliphatic carbocycles. The minimum absolute atomic E-state index is 0.0724. The number of fused-ring (bicyclic) bond motifs is 2. The van der Waals surface area contributed by atoms with Crippen LogP contribution in [-0.2, 0) is 21.1 Å². The van der Waals surface area contributed by atoms with E-state index in [1.54, 1.807) is 0 Å². The molecule has 0 aliphatic heterocycles. The standard InChI is InChI=1S/C32H31Cl2F3N2O5S/c33-24-9-6-19(31(41)38-22-16-25(35)30(37)26(36)17-22)13-29(24)45(43,44)23-14-20-7-8-21(15-23)32(20,42)11-10-28(40)27(39-34)12-18-4-2-1-3-5-18/h1-6,9,13,16-17,20-21,23,27,39,42H,7-8,10-12,14-15H2,(H,38,41)/t20-,21?,23?,27-,32?/m0/s1. The number of anilines is 1. The number of halogens is 5. The van der Waals surface area contributed by atoms with E-state index in [0.717, 1.165) is 11.6 Å². The number of nitrogens with one attached hydrogen (secondary N) is 2. The third kappa shape index (κ3) is 6.92. The first-order chi connectivity index (χ1) is 21.3. The largest absolute Gasteiger partial charge is 0.389 e. The van der Waals surface area contributed by atoms with E-state index in [1.807, 2.05) is 30.3 Å². The van der Waals surface area contributed by atoms with Gasteiger partial charge < -0.3 is 10.4 Å². The molecule has 0 heterocycles. The molecule has 240 valence electrons. The molecule has 0 spiro atoms. The fraction of sp³-hybridized carbons (Fsp3) is 0.375. The zero-order valence-electron chi connectivity index (χ0n) is 23.9. The highest BCUT2D eigenvalue weighted by Crippen LogP contribution is 2.54. The highest BCUT2D eigenvalue weighted by atomic mass is 35.5. The molecule has 13 heteroatoms. The molecule has 3 aromatic carbocycles. The van der Waals surface area contributed by atoms with Crippen LogP contribution in [-0.4, -0.2) is 42.1 Å². The smallest absolute Gasteiger partial charge is 0.255 e. The number of carbonyl (C=O) groups excluding carboxylic acids is 2. The zero-order chi connectivity index (χ0) is 32.5. The maximum Gasteiger partial charge on any atom is 0.255 e. The van der Waals surface area contributed by atoms with E-state index >= 15 is 0 Å². The number of ketones is 1. The topological polar surface area (TPSA) is 113 Å². The summed E-state index contributed by atoms with van der Waals surface area (Å²) in [6.07, 6.45) is 2.14. The molecular formula is C32H31Cl2F3N2O5S. The average Bonchev–Trinajstić information content (AvgIpc) is 3.16. The number of rotatable bonds is 11. The monoisotopic (exact) mass is 682 g/mol. The van der Waals surface area contributed by atoms with Crippen LogP contribution in [0, 0.1) is 29.3 Å². The van der Waals surface area contributed by atoms with Crippen LogP contribution in [0.3, 0.4) is 0 Å². The average molecular weight is 684 g/mol. The third-order valence-corrected chi connectivity index (χ3v) is 12.0. The molecule has 3 unspecified atom stereocenters. The molecule has 7 nitrogen and oxygen atoms in total. The number of hydrogen-bond donors (Lipinski definition) is 3. The maximum absolute atomic E-state index is 13.9. The van der Waals surface area contributed by atoms with Gasteiger partial charge in [0.05, 0.1) is 26.8 Å². The fourth-order valence-corrected chi connectivity index (χ4v) is 9.31. The predicted octanol–water partition coefficient (Wildman–Crippen LogP) is 6.41. The quantitative estimate of drug-likeness (QED) is 0.159. The Bertz CT molecular complexity index is 1670. The van der Waals surface area contributed by atoms with Crippen molar-refractivity contribution >= 4 is 50.6 Å². The molecular weight excluding hydrogens is 652 g/mol. The van der Waals surface area contributed by atoms with Crippen LogP contribution in [0.1, 0.15) is 54.4 Å². The highest BCUT2D eigenvalue weighted by molar-refractivity contribution is 7.92. The van der Waals surface area contributed by atoms with Crippen LogP contribution < -0.4 is 10.2 Å². The Balaban J connectivity index is 1.27. The van der Waals surface area contributed by atoms with Crippen LogP contribution in [0.2, 0.25) is 5.02 Å². The van der Waals surface area contributed by atoms with Crippen molar-refractivity contribution in [3.63, 3.8) is 0 Å². The second-order valence-electron chi connectivity index (χ2n) is 11.8. The Morgan fingerprint density at radius 2 is 1.60 bits per heavy atom. The number of hydrogen-bond acceptors (Lipinski definition) is 6. The van der Waals surface area contributed by atoms with Crippen molar-refractivity contribution in [3.05, 3.63) is 94.3 Å². The van der Waals surface area contributed by atoms with Gasteiger partial charge in [0.2, 0.25) is 0 Å². The molecule has 3 aromatic rings. The number of Topliss-reactive ketones (excluding diaryl/α,β-unsaturated/α-hetero) is 1. The van der Waals surface area contributed by atoms with Crippen LogP contribution in [0.4, 0.5) is 18.9 Å². The summed E-state index contributed by atoms with van der Waals surface area (Å²) in [5.74, 6) is -6.44. The molecule has 2 bridgehead atoms. The second kappa shape index (κ2) is 13.4. The molecule has 1 amide bonds. The lowest BCUT2D eigenvalue weighted by molar-refractivity contribution is -0.124. The van der Waals surface area contributed by atoms with Gasteiger partial charge in [0.15, 0.2) is 33.1 Å². The maximum atomic E-state index is 13.9. The number of benzene rings is 3. The molecule has 3 N–H and O–H groups in total. The summed E-state index contributed by atoms with van der Waals surface area (Å²) in [5, 5.41) is 13.0. The number of amides is 1. The van der Waals surface area contributed by atoms with Gasteiger partial charge in [-0.05, 0) is 85.9 Å². The van der Waals surface area contributed by atoms with Gasteiger partial charge in [0, 0.05) is 29.8 Å². The van der Waals surface area contributed by atoms with E-state index in [1.165, 1.54) is 12.1 Å². The molecule has 5 rings (SSSR count). The van der Waals surface area contributed by atoms with Crippen molar-refractivity contribution in [2.75, 3.05) is 5.32 Å². The van der Waals surface area contributed by atoms with E-state index in [-0.39, 0.29) is 64.5 Å². The van der Waals surface area contributed by atoms with Gasteiger partial charge in [0.25, 0.3) is 5.91 Å². The van der Waals surface area contributed by atoms with Crippen LogP contribution in [0.25, 0.3) is 0 Å². The minimum Gasteiger partial charge on any atom is -0.389 e. The van der Waals surface area contributed by atoms with Crippen LogP contribution in [0.5, 0.6) is 0 Å². The molecule has 0 saturated heterocycles. The Morgan fingerprint density at radius 1 is 0.978 bits per heavy atom. The van der Waals surface area contributed by atoms with E-state index in [0.29, 0.717) is 31.4 Å². The fourth-order valence-electron chi connectivity index (χ4n) is 6.71. The normalized spacial score (nSPS) is 23.5. The summed E-state index contributed by atoms with van der Waals surface area (Å²) in [4.78, 5) is 28.1.